The average Bonchev–Trinajstić information content (AvgIpc) is 3.26. The van der Waals surface area contributed by atoms with Gasteiger partial charge in [0, 0.05) is 19.6 Å². The SMILES string of the molecule is Cc1cc(F)cc(C)c1C1=C(c2ccc(/C=C3/CCN(CCCF)C3)cc2)c2ccc(C(=O)O)cc2CCC1. The Balaban J connectivity index is 1.59. The highest BCUT2D eigenvalue weighted by Gasteiger charge is 2.23. The fraction of sp³-hybridized carbons (Fsp3) is 0.324. The van der Waals surface area contributed by atoms with E-state index in [2.05, 4.69) is 35.2 Å². The van der Waals surface area contributed by atoms with Gasteiger partial charge in [-0.15, -0.1) is 0 Å². The molecule has 202 valence electrons. The van der Waals surface area contributed by atoms with Gasteiger partial charge in [-0.3, -0.25) is 9.29 Å². The lowest BCUT2D eigenvalue weighted by Gasteiger charge is -2.20. The molecule has 0 saturated carbocycles. The highest BCUT2D eigenvalue weighted by molar-refractivity contribution is 6.01. The van der Waals surface area contributed by atoms with E-state index in [4.69, 9.17) is 0 Å². The third-order valence-electron chi connectivity index (χ3n) is 7.95. The number of hydrogen-bond donors (Lipinski definition) is 1. The van der Waals surface area contributed by atoms with Crippen LogP contribution in [0.3, 0.4) is 0 Å². The fourth-order valence-corrected chi connectivity index (χ4v) is 6.21. The minimum atomic E-state index is -0.925. The number of fused-ring (bicyclic) bond motifs is 1. The molecule has 0 atom stereocenters. The van der Waals surface area contributed by atoms with Crippen molar-refractivity contribution in [3.63, 3.8) is 0 Å². The van der Waals surface area contributed by atoms with Crippen molar-refractivity contribution in [2.75, 3.05) is 26.3 Å². The average molecular weight is 528 g/mol. The number of benzene rings is 3. The van der Waals surface area contributed by atoms with E-state index in [1.165, 1.54) is 11.1 Å². The number of allylic oxidation sites excluding steroid dienone is 1. The number of carbonyl (C=O) groups is 1. The first kappa shape index (κ1) is 27.0. The monoisotopic (exact) mass is 527 g/mol. The van der Waals surface area contributed by atoms with E-state index in [0.29, 0.717) is 12.0 Å². The lowest BCUT2D eigenvalue weighted by molar-refractivity contribution is 0.0696. The number of carboxylic acid groups (broad SMARTS) is 1. The van der Waals surface area contributed by atoms with Crippen LogP contribution in [0.1, 0.15) is 75.0 Å². The van der Waals surface area contributed by atoms with Crippen LogP contribution in [0, 0.1) is 19.7 Å². The molecule has 3 nitrogen and oxygen atoms in total. The molecule has 3 aromatic rings. The molecular formula is C34H35F2NO2. The molecule has 1 fully saturated rings. The summed E-state index contributed by atoms with van der Waals surface area (Å²) in [5, 5.41) is 9.60. The Bertz CT molecular complexity index is 1430. The summed E-state index contributed by atoms with van der Waals surface area (Å²) in [5.41, 5.74) is 11.1. The maximum absolute atomic E-state index is 14.2. The number of likely N-dealkylation sites (tertiary alicyclic amines) is 1. The maximum atomic E-state index is 14.2. The van der Waals surface area contributed by atoms with E-state index in [9.17, 15) is 18.7 Å². The van der Waals surface area contributed by atoms with Crippen molar-refractivity contribution in [3.8, 4) is 0 Å². The third kappa shape index (κ3) is 5.89. The highest BCUT2D eigenvalue weighted by atomic mass is 19.1. The minimum absolute atomic E-state index is 0.233. The number of carboxylic acids is 1. The number of nitrogens with zero attached hydrogens (tertiary/aromatic N) is 1. The molecule has 5 rings (SSSR count). The highest BCUT2D eigenvalue weighted by Crippen LogP contribution is 2.42. The molecule has 5 heteroatoms. The third-order valence-corrected chi connectivity index (χ3v) is 7.95. The molecule has 1 aliphatic heterocycles. The van der Waals surface area contributed by atoms with Gasteiger partial charge in [-0.25, -0.2) is 9.18 Å². The lowest BCUT2D eigenvalue weighted by atomic mass is 9.84. The summed E-state index contributed by atoms with van der Waals surface area (Å²) in [4.78, 5) is 14.0. The summed E-state index contributed by atoms with van der Waals surface area (Å²) in [6.07, 6.45) is 6.32. The predicted octanol–water partition coefficient (Wildman–Crippen LogP) is 7.88. The van der Waals surface area contributed by atoms with Crippen LogP contribution in [0.25, 0.3) is 17.2 Å². The van der Waals surface area contributed by atoms with E-state index < -0.39 is 5.97 Å². The van der Waals surface area contributed by atoms with Crippen molar-refractivity contribution < 1.29 is 18.7 Å². The van der Waals surface area contributed by atoms with Gasteiger partial charge < -0.3 is 5.11 Å². The van der Waals surface area contributed by atoms with Crippen LogP contribution in [0.15, 0.2) is 60.2 Å². The van der Waals surface area contributed by atoms with Gasteiger partial charge in [0.1, 0.15) is 5.82 Å². The van der Waals surface area contributed by atoms with Gasteiger partial charge >= 0.3 is 5.97 Å². The van der Waals surface area contributed by atoms with Crippen LogP contribution in [-0.2, 0) is 6.42 Å². The van der Waals surface area contributed by atoms with Gasteiger partial charge in [-0.2, -0.15) is 0 Å². The molecule has 0 bridgehead atoms. The van der Waals surface area contributed by atoms with E-state index in [1.54, 1.807) is 24.3 Å². The minimum Gasteiger partial charge on any atom is -0.478 e. The van der Waals surface area contributed by atoms with E-state index in [1.807, 2.05) is 19.9 Å². The van der Waals surface area contributed by atoms with E-state index in [-0.39, 0.29) is 12.5 Å². The Hall–Kier alpha value is -3.57. The molecule has 1 N–H and O–H groups in total. The van der Waals surface area contributed by atoms with Crippen molar-refractivity contribution in [1.29, 1.82) is 0 Å². The molecule has 0 unspecified atom stereocenters. The Morgan fingerprint density at radius 2 is 1.74 bits per heavy atom. The Labute approximate surface area is 229 Å². The van der Waals surface area contributed by atoms with Gasteiger partial charge in [-0.05, 0) is 120 Å². The largest absolute Gasteiger partial charge is 0.478 e. The number of alkyl halides is 1. The fourth-order valence-electron chi connectivity index (χ4n) is 6.21. The van der Waals surface area contributed by atoms with Crippen molar-refractivity contribution >= 4 is 23.2 Å². The van der Waals surface area contributed by atoms with Crippen LogP contribution in [-0.4, -0.2) is 42.3 Å². The lowest BCUT2D eigenvalue weighted by Crippen LogP contribution is -2.20. The topological polar surface area (TPSA) is 40.5 Å². The first-order valence-electron chi connectivity index (χ1n) is 13.8. The summed E-state index contributed by atoms with van der Waals surface area (Å²) in [6.45, 7) is 6.32. The number of hydrogen-bond acceptors (Lipinski definition) is 2. The molecule has 0 amide bonds. The van der Waals surface area contributed by atoms with Gasteiger partial charge in [0.2, 0.25) is 0 Å². The van der Waals surface area contributed by atoms with Crippen LogP contribution in [0.2, 0.25) is 0 Å². The number of rotatable bonds is 7. The first-order chi connectivity index (χ1) is 18.8. The molecule has 3 aromatic carbocycles. The second-order valence-electron chi connectivity index (χ2n) is 10.8. The smallest absolute Gasteiger partial charge is 0.335 e. The normalized spacial score (nSPS) is 17.0. The van der Waals surface area contributed by atoms with Crippen molar-refractivity contribution in [2.45, 2.75) is 46.0 Å². The van der Waals surface area contributed by atoms with Crippen LogP contribution >= 0.6 is 0 Å². The number of aromatic carboxylic acids is 1. The van der Waals surface area contributed by atoms with Crippen molar-refractivity contribution in [1.82, 2.24) is 4.90 Å². The predicted molar refractivity (Wildman–Crippen MR) is 154 cm³/mol. The Kier molecular flexibility index (Phi) is 8.08. The zero-order valence-electron chi connectivity index (χ0n) is 22.7. The summed E-state index contributed by atoms with van der Waals surface area (Å²) in [7, 11) is 0. The summed E-state index contributed by atoms with van der Waals surface area (Å²) >= 11 is 0. The second kappa shape index (κ2) is 11.7. The molecule has 0 aromatic heterocycles. The quantitative estimate of drug-likeness (QED) is 0.340. The summed E-state index contributed by atoms with van der Waals surface area (Å²) in [6, 6.07) is 17.2. The zero-order valence-corrected chi connectivity index (χ0v) is 22.7. The Morgan fingerprint density at radius 3 is 2.44 bits per heavy atom. The maximum Gasteiger partial charge on any atom is 0.335 e. The van der Waals surface area contributed by atoms with Gasteiger partial charge in [0.15, 0.2) is 0 Å². The van der Waals surface area contributed by atoms with Gasteiger partial charge in [0.05, 0.1) is 12.2 Å². The van der Waals surface area contributed by atoms with E-state index in [0.717, 1.165) is 89.8 Å². The van der Waals surface area contributed by atoms with Crippen LogP contribution < -0.4 is 0 Å². The molecule has 1 aliphatic carbocycles. The molecule has 2 aliphatic rings. The second-order valence-corrected chi connectivity index (χ2v) is 10.8. The first-order valence-corrected chi connectivity index (χ1v) is 13.8. The molecular weight excluding hydrogens is 492 g/mol. The standard InChI is InChI=1S/C34H35F2NO2/c1-22-17-29(36)18-23(2)32(22)31-6-3-5-27-20-28(34(38)39)11-12-30(27)33(31)26-9-7-24(8-10-26)19-25-13-16-37(21-25)15-4-14-35/h7-12,17-20H,3-6,13-16,21H2,1-2H3,(H,38,39)/b25-19-. The molecule has 1 saturated heterocycles. The molecule has 39 heavy (non-hydrogen) atoms. The van der Waals surface area contributed by atoms with Crippen LogP contribution in [0.5, 0.6) is 0 Å². The van der Waals surface area contributed by atoms with Crippen molar-refractivity contribution in [2.24, 2.45) is 0 Å². The molecule has 0 spiro atoms. The molecule has 1 heterocycles. The summed E-state index contributed by atoms with van der Waals surface area (Å²) in [5.74, 6) is -1.16. The van der Waals surface area contributed by atoms with Gasteiger partial charge in [-0.1, -0.05) is 42.0 Å². The van der Waals surface area contributed by atoms with E-state index >= 15 is 0 Å². The van der Waals surface area contributed by atoms with Gasteiger partial charge in [0.25, 0.3) is 0 Å². The van der Waals surface area contributed by atoms with Crippen molar-refractivity contribution in [3.05, 3.63) is 110 Å². The summed E-state index contributed by atoms with van der Waals surface area (Å²) < 4.78 is 26.8. The zero-order chi connectivity index (χ0) is 27.5. The van der Waals surface area contributed by atoms with Crippen LogP contribution in [0.4, 0.5) is 8.78 Å². The number of halogens is 2. The Morgan fingerprint density at radius 1 is 1.00 bits per heavy atom. The number of aryl methyl sites for hydroxylation is 3. The molecule has 0 radical (unpaired) electrons.